The van der Waals surface area contributed by atoms with Gasteiger partial charge in [0.2, 0.25) is 0 Å². The Kier molecular flexibility index (Phi) is 2.61. The van der Waals surface area contributed by atoms with Crippen LogP contribution in [0.1, 0.15) is 33.6 Å². The lowest BCUT2D eigenvalue weighted by molar-refractivity contribution is 0.275. The smallest absolute Gasteiger partial charge is 0.115 e. The summed E-state index contributed by atoms with van der Waals surface area (Å²) >= 11 is 0. The molecule has 0 spiro atoms. The summed E-state index contributed by atoms with van der Waals surface area (Å²) in [5, 5.41) is 0. The molecule has 0 unspecified atom stereocenters. The number of allylic oxidation sites excluding steroid dienone is 1. The van der Waals surface area contributed by atoms with Crippen LogP contribution in [0.15, 0.2) is 24.0 Å². The lowest BCUT2D eigenvalue weighted by Gasteiger charge is -2.17. The van der Waals surface area contributed by atoms with Gasteiger partial charge in [0.15, 0.2) is 0 Å². The molecule has 0 amide bonds. The van der Waals surface area contributed by atoms with Gasteiger partial charge in [-0.2, -0.15) is 0 Å². The Balaban J connectivity index is 2.38. The van der Waals surface area contributed by atoms with Crippen molar-refractivity contribution >= 4 is 0 Å². The molecule has 68 valence electrons. The Bertz CT molecular complexity index is 206. The summed E-state index contributed by atoms with van der Waals surface area (Å²) in [6, 6.07) is 0. The number of hydrogen-bond donors (Lipinski definition) is 0. The predicted molar refractivity (Wildman–Crippen MR) is 51.9 cm³/mol. The van der Waals surface area contributed by atoms with Crippen molar-refractivity contribution in [1.82, 2.24) is 0 Å². The Morgan fingerprint density at radius 3 is 2.58 bits per heavy atom. The van der Waals surface area contributed by atoms with Crippen LogP contribution in [-0.4, -0.2) is 6.61 Å². The first-order valence-corrected chi connectivity index (χ1v) is 4.50. The zero-order valence-electron chi connectivity index (χ0n) is 8.31. The Labute approximate surface area is 75.1 Å². The summed E-state index contributed by atoms with van der Waals surface area (Å²) in [7, 11) is 0. The normalized spacial score (nSPS) is 17.6. The summed E-state index contributed by atoms with van der Waals surface area (Å²) in [4.78, 5) is 0. The van der Waals surface area contributed by atoms with E-state index in [-0.39, 0.29) is 0 Å². The van der Waals surface area contributed by atoms with Crippen molar-refractivity contribution in [1.29, 1.82) is 0 Å². The Morgan fingerprint density at radius 1 is 1.50 bits per heavy atom. The SMILES string of the molecule is C=C1OCC=C1CCC(C)(C)C. The maximum Gasteiger partial charge on any atom is 0.115 e. The van der Waals surface area contributed by atoms with Gasteiger partial charge in [-0.3, -0.25) is 0 Å². The molecule has 1 heteroatoms. The van der Waals surface area contributed by atoms with Crippen molar-refractivity contribution in [3.05, 3.63) is 24.0 Å². The van der Waals surface area contributed by atoms with Gasteiger partial charge in [0.05, 0.1) is 0 Å². The zero-order valence-corrected chi connectivity index (χ0v) is 8.31. The quantitative estimate of drug-likeness (QED) is 0.611. The number of rotatable bonds is 2. The molecule has 1 nitrogen and oxygen atoms in total. The molecule has 0 aliphatic carbocycles. The van der Waals surface area contributed by atoms with E-state index in [0.29, 0.717) is 5.41 Å². The minimum Gasteiger partial charge on any atom is -0.490 e. The van der Waals surface area contributed by atoms with Gasteiger partial charge in [0.1, 0.15) is 12.4 Å². The monoisotopic (exact) mass is 166 g/mol. The van der Waals surface area contributed by atoms with Gasteiger partial charge in [-0.15, -0.1) is 0 Å². The zero-order chi connectivity index (χ0) is 9.19. The Morgan fingerprint density at radius 2 is 2.17 bits per heavy atom. The molecule has 1 aliphatic heterocycles. The summed E-state index contributed by atoms with van der Waals surface area (Å²) in [5.74, 6) is 0.874. The molecular formula is C11H18O. The molecule has 0 aromatic rings. The molecule has 1 heterocycles. The molecule has 0 saturated heterocycles. The summed E-state index contributed by atoms with van der Waals surface area (Å²) in [6.45, 7) is 11.3. The molecule has 0 aromatic heterocycles. The number of hydrogen-bond acceptors (Lipinski definition) is 1. The van der Waals surface area contributed by atoms with Crippen molar-refractivity contribution in [3.63, 3.8) is 0 Å². The summed E-state index contributed by atoms with van der Waals surface area (Å²) < 4.78 is 5.24. The third kappa shape index (κ3) is 2.72. The lowest BCUT2D eigenvalue weighted by Crippen LogP contribution is -2.04. The molecule has 0 aromatic carbocycles. The van der Waals surface area contributed by atoms with Gasteiger partial charge in [-0.25, -0.2) is 0 Å². The molecule has 0 saturated carbocycles. The standard InChI is InChI=1S/C11H18O/c1-9-10(6-8-12-9)5-7-11(2,3)4/h6H,1,5,7-8H2,2-4H3. The fourth-order valence-corrected chi connectivity index (χ4v) is 1.20. The highest BCUT2D eigenvalue weighted by atomic mass is 16.5. The fraction of sp³-hybridized carbons (Fsp3) is 0.636. The van der Waals surface area contributed by atoms with Crippen molar-refractivity contribution in [3.8, 4) is 0 Å². The van der Waals surface area contributed by atoms with Gasteiger partial charge in [0.25, 0.3) is 0 Å². The molecule has 1 aliphatic rings. The average molecular weight is 166 g/mol. The number of ether oxygens (including phenoxy) is 1. The molecular weight excluding hydrogens is 148 g/mol. The average Bonchev–Trinajstić information content (AvgIpc) is 2.29. The maximum atomic E-state index is 5.24. The van der Waals surface area contributed by atoms with E-state index in [9.17, 15) is 0 Å². The van der Waals surface area contributed by atoms with Gasteiger partial charge < -0.3 is 4.74 Å². The van der Waals surface area contributed by atoms with Crippen molar-refractivity contribution in [2.45, 2.75) is 33.6 Å². The molecule has 0 radical (unpaired) electrons. The molecule has 1 rings (SSSR count). The largest absolute Gasteiger partial charge is 0.490 e. The third-order valence-corrected chi connectivity index (χ3v) is 2.09. The molecule has 0 N–H and O–H groups in total. The molecule has 0 fully saturated rings. The van der Waals surface area contributed by atoms with Crippen LogP contribution in [0, 0.1) is 5.41 Å². The van der Waals surface area contributed by atoms with Crippen LogP contribution in [0.3, 0.4) is 0 Å². The second kappa shape index (κ2) is 3.34. The maximum absolute atomic E-state index is 5.24. The van der Waals surface area contributed by atoms with Gasteiger partial charge in [-0.1, -0.05) is 27.4 Å². The topological polar surface area (TPSA) is 9.23 Å². The van der Waals surface area contributed by atoms with Crippen LogP contribution in [0.25, 0.3) is 0 Å². The van der Waals surface area contributed by atoms with Crippen LogP contribution in [0.4, 0.5) is 0 Å². The third-order valence-electron chi connectivity index (χ3n) is 2.09. The van der Waals surface area contributed by atoms with Crippen LogP contribution >= 0.6 is 0 Å². The second-order valence-electron chi connectivity index (χ2n) is 4.52. The highest BCUT2D eigenvalue weighted by molar-refractivity contribution is 5.27. The van der Waals surface area contributed by atoms with Gasteiger partial charge >= 0.3 is 0 Å². The molecule has 0 atom stereocenters. The van der Waals surface area contributed by atoms with E-state index < -0.39 is 0 Å². The van der Waals surface area contributed by atoms with E-state index in [1.165, 1.54) is 12.0 Å². The van der Waals surface area contributed by atoms with E-state index in [1.807, 2.05) is 0 Å². The fourth-order valence-electron chi connectivity index (χ4n) is 1.20. The minimum atomic E-state index is 0.406. The van der Waals surface area contributed by atoms with Crippen LogP contribution in [0.5, 0.6) is 0 Å². The van der Waals surface area contributed by atoms with Crippen molar-refractivity contribution in [2.75, 3.05) is 6.61 Å². The molecule has 12 heavy (non-hydrogen) atoms. The first-order chi connectivity index (χ1) is 5.49. The predicted octanol–water partition coefficient (Wildman–Crippen LogP) is 3.28. The Hall–Kier alpha value is -0.720. The van der Waals surface area contributed by atoms with Crippen LogP contribution < -0.4 is 0 Å². The van der Waals surface area contributed by atoms with Crippen molar-refractivity contribution < 1.29 is 4.74 Å². The second-order valence-corrected chi connectivity index (χ2v) is 4.52. The minimum absolute atomic E-state index is 0.406. The summed E-state index contributed by atoms with van der Waals surface area (Å²) in [6.07, 6.45) is 4.43. The first kappa shape index (κ1) is 9.37. The lowest BCUT2D eigenvalue weighted by atomic mass is 9.88. The van der Waals surface area contributed by atoms with E-state index in [0.717, 1.165) is 18.8 Å². The highest BCUT2D eigenvalue weighted by Crippen LogP contribution is 2.28. The first-order valence-electron chi connectivity index (χ1n) is 4.50. The van der Waals surface area contributed by atoms with Crippen LogP contribution in [-0.2, 0) is 4.74 Å². The van der Waals surface area contributed by atoms with E-state index in [1.54, 1.807) is 0 Å². The highest BCUT2D eigenvalue weighted by Gasteiger charge is 2.15. The molecule has 0 bridgehead atoms. The van der Waals surface area contributed by atoms with E-state index >= 15 is 0 Å². The van der Waals surface area contributed by atoms with E-state index in [4.69, 9.17) is 4.74 Å². The van der Waals surface area contributed by atoms with Gasteiger partial charge in [-0.05, 0) is 29.9 Å². The van der Waals surface area contributed by atoms with Crippen molar-refractivity contribution in [2.24, 2.45) is 5.41 Å². The van der Waals surface area contributed by atoms with E-state index in [2.05, 4.69) is 33.4 Å². The summed E-state index contributed by atoms with van der Waals surface area (Å²) in [5.41, 5.74) is 1.70. The van der Waals surface area contributed by atoms with Gasteiger partial charge in [0, 0.05) is 0 Å². The van der Waals surface area contributed by atoms with Crippen LogP contribution in [0.2, 0.25) is 0 Å².